The lowest BCUT2D eigenvalue weighted by atomic mass is 9.97. The fraction of sp³-hybridized carbons (Fsp3) is 0.294. The molecule has 0 aliphatic rings. The number of aliphatic imine (C=N–C) groups is 1. The Labute approximate surface area is 135 Å². The smallest absolute Gasteiger partial charge is 0.129 e. The zero-order valence-electron chi connectivity index (χ0n) is 13.0. The van der Waals surface area contributed by atoms with E-state index >= 15 is 0 Å². The third-order valence-electron chi connectivity index (χ3n) is 3.39. The summed E-state index contributed by atoms with van der Waals surface area (Å²) in [6.07, 6.45) is 4.92. The molecule has 4 nitrogen and oxygen atoms in total. The standard InChI is InChI=1S/C17H20ClN3O/c1-11(2)13-4-5-16(22-10-12(7-19)8-20-3)15-9-21-17(18)6-14(13)15/h4-9,11H,10,19H2,1-3H3/b12-7+,20-8?. The average Bonchev–Trinajstić information content (AvgIpc) is 2.50. The Morgan fingerprint density at radius 1 is 1.41 bits per heavy atom. The van der Waals surface area contributed by atoms with Crippen molar-refractivity contribution in [3.8, 4) is 5.75 Å². The minimum absolute atomic E-state index is 0.354. The summed E-state index contributed by atoms with van der Waals surface area (Å²) in [4.78, 5) is 8.12. The molecule has 5 heteroatoms. The SMILES string of the molecule is CN=C/C(=C\N)COc1ccc(C(C)C)c2cc(Cl)ncc12. The van der Waals surface area contributed by atoms with Crippen molar-refractivity contribution in [2.24, 2.45) is 10.7 Å². The van der Waals surface area contributed by atoms with Crippen LogP contribution in [0.15, 0.2) is 41.2 Å². The van der Waals surface area contributed by atoms with Crippen molar-refractivity contribution in [1.29, 1.82) is 0 Å². The monoisotopic (exact) mass is 317 g/mol. The largest absolute Gasteiger partial charge is 0.488 e. The molecule has 0 saturated carbocycles. The first-order chi connectivity index (χ1) is 10.6. The molecule has 116 valence electrons. The van der Waals surface area contributed by atoms with Crippen molar-refractivity contribution in [2.45, 2.75) is 19.8 Å². The maximum Gasteiger partial charge on any atom is 0.129 e. The Balaban J connectivity index is 2.41. The number of ether oxygens (including phenoxy) is 1. The van der Waals surface area contributed by atoms with E-state index in [2.05, 4.69) is 29.9 Å². The van der Waals surface area contributed by atoms with Crippen LogP contribution < -0.4 is 10.5 Å². The second kappa shape index (κ2) is 7.27. The number of aromatic nitrogens is 1. The maximum atomic E-state index is 6.04. The number of benzene rings is 1. The number of halogens is 1. The number of rotatable bonds is 5. The van der Waals surface area contributed by atoms with Gasteiger partial charge in [0, 0.05) is 36.6 Å². The predicted molar refractivity (Wildman–Crippen MR) is 93.0 cm³/mol. The fourth-order valence-electron chi connectivity index (χ4n) is 2.29. The molecule has 0 fully saturated rings. The molecule has 22 heavy (non-hydrogen) atoms. The maximum absolute atomic E-state index is 6.04. The number of nitrogens with two attached hydrogens (primary N) is 1. The molecule has 2 aromatic rings. The minimum Gasteiger partial charge on any atom is -0.488 e. The molecule has 0 amide bonds. The first-order valence-corrected chi connectivity index (χ1v) is 7.48. The molecule has 2 rings (SSSR count). The highest BCUT2D eigenvalue weighted by Crippen LogP contribution is 2.33. The summed E-state index contributed by atoms with van der Waals surface area (Å²) in [5, 5.41) is 2.49. The van der Waals surface area contributed by atoms with Gasteiger partial charge in [-0.1, -0.05) is 31.5 Å². The molecule has 0 aliphatic carbocycles. The lowest BCUT2D eigenvalue weighted by Crippen LogP contribution is -2.05. The van der Waals surface area contributed by atoms with Gasteiger partial charge in [-0.3, -0.25) is 4.99 Å². The van der Waals surface area contributed by atoms with Crippen LogP contribution in [0.2, 0.25) is 5.15 Å². The third kappa shape index (κ3) is 3.57. The molecule has 1 aromatic carbocycles. The summed E-state index contributed by atoms with van der Waals surface area (Å²) in [6.45, 7) is 4.65. The number of pyridine rings is 1. The molecule has 0 aliphatic heterocycles. The van der Waals surface area contributed by atoms with Crippen LogP contribution >= 0.6 is 11.6 Å². The van der Waals surface area contributed by atoms with Crippen LogP contribution in [-0.4, -0.2) is 24.9 Å². The van der Waals surface area contributed by atoms with Gasteiger partial charge in [0.15, 0.2) is 0 Å². The van der Waals surface area contributed by atoms with Gasteiger partial charge in [0.25, 0.3) is 0 Å². The van der Waals surface area contributed by atoms with Gasteiger partial charge in [-0.2, -0.15) is 0 Å². The molecular weight excluding hydrogens is 298 g/mol. The molecule has 1 aromatic heterocycles. The molecule has 0 radical (unpaired) electrons. The van der Waals surface area contributed by atoms with E-state index in [1.54, 1.807) is 19.5 Å². The Morgan fingerprint density at radius 2 is 2.18 bits per heavy atom. The van der Waals surface area contributed by atoms with Gasteiger partial charge >= 0.3 is 0 Å². The molecular formula is C17H20ClN3O. The molecule has 0 unspecified atom stereocenters. The zero-order valence-corrected chi connectivity index (χ0v) is 13.8. The predicted octanol–water partition coefficient (Wildman–Crippen LogP) is 3.93. The van der Waals surface area contributed by atoms with Gasteiger partial charge < -0.3 is 10.5 Å². The van der Waals surface area contributed by atoms with Gasteiger partial charge in [0.2, 0.25) is 0 Å². The normalized spacial score (nSPS) is 12.5. The van der Waals surface area contributed by atoms with Crippen molar-refractivity contribution in [3.63, 3.8) is 0 Å². The van der Waals surface area contributed by atoms with Crippen LogP contribution in [0.25, 0.3) is 10.8 Å². The van der Waals surface area contributed by atoms with Crippen LogP contribution in [0.4, 0.5) is 0 Å². The summed E-state index contributed by atoms with van der Waals surface area (Å²) < 4.78 is 5.88. The second-order valence-electron chi connectivity index (χ2n) is 5.28. The van der Waals surface area contributed by atoms with E-state index in [0.29, 0.717) is 17.7 Å². The van der Waals surface area contributed by atoms with Crippen molar-refractivity contribution in [3.05, 3.63) is 46.9 Å². The zero-order chi connectivity index (χ0) is 16.1. The van der Waals surface area contributed by atoms with E-state index in [-0.39, 0.29) is 0 Å². The van der Waals surface area contributed by atoms with E-state index in [4.69, 9.17) is 22.1 Å². The van der Waals surface area contributed by atoms with Crippen molar-refractivity contribution >= 4 is 28.6 Å². The molecule has 0 atom stereocenters. The summed E-state index contributed by atoms with van der Waals surface area (Å²) in [5.74, 6) is 1.15. The average molecular weight is 318 g/mol. The van der Waals surface area contributed by atoms with Gasteiger partial charge in [0.1, 0.15) is 17.5 Å². The topological polar surface area (TPSA) is 60.5 Å². The highest BCUT2D eigenvalue weighted by atomic mass is 35.5. The summed E-state index contributed by atoms with van der Waals surface area (Å²) in [5.41, 5.74) is 7.59. The Kier molecular flexibility index (Phi) is 5.39. The Morgan fingerprint density at radius 3 is 2.82 bits per heavy atom. The van der Waals surface area contributed by atoms with Gasteiger partial charge in [0.05, 0.1) is 0 Å². The fourth-order valence-corrected chi connectivity index (χ4v) is 2.45. The Hall–Kier alpha value is -2.07. The first-order valence-electron chi connectivity index (χ1n) is 7.10. The van der Waals surface area contributed by atoms with Gasteiger partial charge in [-0.05, 0) is 29.0 Å². The van der Waals surface area contributed by atoms with Crippen molar-refractivity contribution in [2.75, 3.05) is 13.7 Å². The van der Waals surface area contributed by atoms with Gasteiger partial charge in [-0.25, -0.2) is 4.98 Å². The lowest BCUT2D eigenvalue weighted by molar-refractivity contribution is 0.362. The molecule has 0 spiro atoms. The van der Waals surface area contributed by atoms with E-state index < -0.39 is 0 Å². The van der Waals surface area contributed by atoms with Crippen LogP contribution in [0.5, 0.6) is 5.75 Å². The third-order valence-corrected chi connectivity index (χ3v) is 3.59. The van der Waals surface area contributed by atoms with Gasteiger partial charge in [-0.15, -0.1) is 0 Å². The van der Waals surface area contributed by atoms with Crippen LogP contribution in [0.1, 0.15) is 25.3 Å². The summed E-state index contributed by atoms with van der Waals surface area (Å²) >= 11 is 6.04. The molecule has 0 saturated heterocycles. The van der Waals surface area contributed by atoms with Crippen LogP contribution in [-0.2, 0) is 0 Å². The van der Waals surface area contributed by atoms with Crippen LogP contribution in [0.3, 0.4) is 0 Å². The summed E-state index contributed by atoms with van der Waals surface area (Å²) in [7, 11) is 1.70. The number of nitrogens with zero attached hydrogens (tertiary/aromatic N) is 2. The quantitative estimate of drug-likeness (QED) is 0.671. The minimum atomic E-state index is 0.354. The highest BCUT2D eigenvalue weighted by molar-refractivity contribution is 6.30. The Bertz CT molecular complexity index is 723. The van der Waals surface area contributed by atoms with E-state index in [0.717, 1.165) is 22.1 Å². The molecule has 2 N–H and O–H groups in total. The first kappa shape index (κ1) is 16.3. The van der Waals surface area contributed by atoms with Crippen molar-refractivity contribution in [1.82, 2.24) is 4.98 Å². The summed E-state index contributed by atoms with van der Waals surface area (Å²) in [6, 6.07) is 5.91. The van der Waals surface area contributed by atoms with E-state index in [1.165, 1.54) is 11.8 Å². The number of fused-ring (bicyclic) bond motifs is 1. The van der Waals surface area contributed by atoms with E-state index in [1.807, 2.05) is 12.1 Å². The number of hydrogen-bond donors (Lipinski definition) is 1. The van der Waals surface area contributed by atoms with Crippen LogP contribution in [0, 0.1) is 0 Å². The second-order valence-corrected chi connectivity index (χ2v) is 5.67. The lowest BCUT2D eigenvalue weighted by Gasteiger charge is -2.14. The van der Waals surface area contributed by atoms with E-state index in [9.17, 15) is 0 Å². The molecule has 1 heterocycles. The van der Waals surface area contributed by atoms with Crippen molar-refractivity contribution < 1.29 is 4.74 Å². The highest BCUT2D eigenvalue weighted by Gasteiger charge is 2.11. The number of hydrogen-bond acceptors (Lipinski definition) is 4. The molecule has 0 bridgehead atoms.